The molecule has 27 heavy (non-hydrogen) atoms. The van der Waals surface area contributed by atoms with Gasteiger partial charge in [-0.15, -0.1) is 0 Å². The number of carbonyl (C=O) groups excluding carboxylic acids is 3. The highest BCUT2D eigenvalue weighted by atomic mass is 16.5. The van der Waals surface area contributed by atoms with Crippen LogP contribution in [0.3, 0.4) is 0 Å². The van der Waals surface area contributed by atoms with Crippen LogP contribution >= 0.6 is 0 Å². The summed E-state index contributed by atoms with van der Waals surface area (Å²) in [4.78, 5) is 35.6. The van der Waals surface area contributed by atoms with E-state index in [1.165, 1.54) is 13.2 Å². The van der Waals surface area contributed by atoms with Crippen LogP contribution in [-0.4, -0.2) is 37.5 Å². The third-order valence-electron chi connectivity index (χ3n) is 4.03. The SMILES string of the molecule is C/C=C(\C)C(=O)NCCCC[C@H](NC(=O)C=Cc1ccccc1)C(=O)OC. The number of unbranched alkanes of at least 4 members (excludes halogenated alkanes) is 1. The summed E-state index contributed by atoms with van der Waals surface area (Å²) in [5.41, 5.74) is 1.56. The van der Waals surface area contributed by atoms with Gasteiger partial charge < -0.3 is 15.4 Å². The van der Waals surface area contributed by atoms with Crippen molar-refractivity contribution < 1.29 is 19.1 Å². The summed E-state index contributed by atoms with van der Waals surface area (Å²) >= 11 is 0. The fourth-order valence-corrected chi connectivity index (χ4v) is 2.29. The molecule has 0 saturated heterocycles. The number of benzene rings is 1. The summed E-state index contributed by atoms with van der Waals surface area (Å²) in [5, 5.41) is 5.48. The molecular formula is C21H28N2O4. The summed E-state index contributed by atoms with van der Waals surface area (Å²) in [6.45, 7) is 4.08. The maximum absolute atomic E-state index is 12.1. The molecule has 146 valence electrons. The van der Waals surface area contributed by atoms with Crippen LogP contribution in [0.4, 0.5) is 0 Å². The molecule has 0 bridgehead atoms. The van der Waals surface area contributed by atoms with E-state index in [1.54, 1.807) is 19.1 Å². The van der Waals surface area contributed by atoms with E-state index >= 15 is 0 Å². The van der Waals surface area contributed by atoms with E-state index in [0.717, 1.165) is 5.56 Å². The molecule has 1 aromatic rings. The number of methoxy groups -OCH3 is 1. The maximum Gasteiger partial charge on any atom is 0.328 e. The number of ether oxygens (including phenoxy) is 1. The molecular weight excluding hydrogens is 344 g/mol. The van der Waals surface area contributed by atoms with Crippen molar-refractivity contribution in [3.63, 3.8) is 0 Å². The van der Waals surface area contributed by atoms with Crippen molar-refractivity contribution in [1.82, 2.24) is 10.6 Å². The van der Waals surface area contributed by atoms with Crippen LogP contribution in [0.15, 0.2) is 48.1 Å². The number of allylic oxidation sites excluding steroid dienone is 1. The number of nitrogens with one attached hydrogen (secondary N) is 2. The van der Waals surface area contributed by atoms with Crippen LogP contribution < -0.4 is 10.6 Å². The number of hydrogen-bond donors (Lipinski definition) is 2. The topological polar surface area (TPSA) is 84.5 Å². The fraction of sp³-hybridized carbons (Fsp3) is 0.381. The maximum atomic E-state index is 12.1. The van der Waals surface area contributed by atoms with E-state index in [4.69, 9.17) is 4.74 Å². The lowest BCUT2D eigenvalue weighted by molar-refractivity contribution is -0.144. The predicted molar refractivity (Wildman–Crippen MR) is 106 cm³/mol. The average molecular weight is 372 g/mol. The molecule has 6 heteroatoms. The van der Waals surface area contributed by atoms with Gasteiger partial charge in [-0.3, -0.25) is 9.59 Å². The lowest BCUT2D eigenvalue weighted by Crippen LogP contribution is -2.40. The Balaban J connectivity index is 2.44. The second-order valence-corrected chi connectivity index (χ2v) is 6.05. The van der Waals surface area contributed by atoms with Crippen molar-refractivity contribution in [3.05, 3.63) is 53.6 Å². The van der Waals surface area contributed by atoms with Gasteiger partial charge in [0.15, 0.2) is 0 Å². The van der Waals surface area contributed by atoms with Crippen LogP contribution in [0.25, 0.3) is 6.08 Å². The van der Waals surface area contributed by atoms with Gasteiger partial charge in [-0.1, -0.05) is 36.4 Å². The highest BCUT2D eigenvalue weighted by molar-refractivity contribution is 5.94. The Hall–Kier alpha value is -2.89. The normalized spacial score (nSPS) is 12.5. The molecule has 1 atom stereocenters. The van der Waals surface area contributed by atoms with Gasteiger partial charge in [0.2, 0.25) is 11.8 Å². The number of hydrogen-bond acceptors (Lipinski definition) is 4. The zero-order valence-electron chi connectivity index (χ0n) is 16.2. The minimum atomic E-state index is -0.712. The van der Waals surface area contributed by atoms with Gasteiger partial charge in [-0.25, -0.2) is 4.79 Å². The zero-order chi connectivity index (χ0) is 20.1. The van der Waals surface area contributed by atoms with Crippen molar-refractivity contribution in [3.8, 4) is 0 Å². The minimum Gasteiger partial charge on any atom is -0.467 e. The number of amides is 2. The zero-order valence-corrected chi connectivity index (χ0v) is 16.2. The summed E-state index contributed by atoms with van der Waals surface area (Å²) < 4.78 is 4.76. The largest absolute Gasteiger partial charge is 0.467 e. The van der Waals surface area contributed by atoms with Crippen LogP contribution in [-0.2, 0) is 19.1 Å². The Bertz CT molecular complexity index is 681. The van der Waals surface area contributed by atoms with E-state index in [0.29, 0.717) is 31.4 Å². The predicted octanol–water partition coefficient (Wildman–Crippen LogP) is 2.61. The van der Waals surface area contributed by atoms with Crippen molar-refractivity contribution in [2.45, 2.75) is 39.2 Å². The summed E-state index contributed by atoms with van der Waals surface area (Å²) in [6.07, 6.45) is 6.63. The molecule has 2 amide bonds. The molecule has 0 saturated carbocycles. The monoisotopic (exact) mass is 372 g/mol. The van der Waals surface area contributed by atoms with Gasteiger partial charge in [0.25, 0.3) is 0 Å². The molecule has 1 rings (SSSR count). The molecule has 0 radical (unpaired) electrons. The van der Waals surface area contributed by atoms with Gasteiger partial charge in [-0.05, 0) is 44.7 Å². The number of carbonyl (C=O) groups is 3. The van der Waals surface area contributed by atoms with Crippen molar-refractivity contribution >= 4 is 23.9 Å². The first kappa shape index (κ1) is 22.2. The molecule has 0 heterocycles. The van der Waals surface area contributed by atoms with Gasteiger partial charge in [-0.2, -0.15) is 0 Å². The molecule has 0 fully saturated rings. The molecule has 0 unspecified atom stereocenters. The van der Waals surface area contributed by atoms with E-state index in [9.17, 15) is 14.4 Å². The Labute approximate surface area is 160 Å². The van der Waals surface area contributed by atoms with Crippen LogP contribution in [0.1, 0.15) is 38.7 Å². The number of esters is 1. The van der Waals surface area contributed by atoms with Gasteiger partial charge in [0, 0.05) is 18.2 Å². The van der Waals surface area contributed by atoms with Gasteiger partial charge in [0.05, 0.1) is 7.11 Å². The lowest BCUT2D eigenvalue weighted by atomic mass is 10.1. The van der Waals surface area contributed by atoms with E-state index in [1.807, 2.05) is 37.3 Å². The Kier molecular flexibility index (Phi) is 10.2. The van der Waals surface area contributed by atoms with Crippen LogP contribution in [0, 0.1) is 0 Å². The smallest absolute Gasteiger partial charge is 0.328 e. The average Bonchev–Trinajstić information content (AvgIpc) is 2.70. The Morgan fingerprint density at radius 1 is 1.15 bits per heavy atom. The summed E-state index contributed by atoms with van der Waals surface area (Å²) in [6, 6.07) is 8.70. The molecule has 1 aromatic carbocycles. The Morgan fingerprint density at radius 2 is 1.85 bits per heavy atom. The molecule has 6 nitrogen and oxygen atoms in total. The third kappa shape index (κ3) is 8.85. The van der Waals surface area contributed by atoms with Gasteiger partial charge in [0.1, 0.15) is 6.04 Å². The minimum absolute atomic E-state index is 0.0960. The van der Waals surface area contributed by atoms with Gasteiger partial charge >= 0.3 is 5.97 Å². The lowest BCUT2D eigenvalue weighted by Gasteiger charge is -2.15. The molecule has 2 N–H and O–H groups in total. The Morgan fingerprint density at radius 3 is 2.48 bits per heavy atom. The summed E-state index contributed by atoms with van der Waals surface area (Å²) in [5.74, 6) is -0.933. The third-order valence-corrected chi connectivity index (χ3v) is 4.03. The first-order valence-corrected chi connectivity index (χ1v) is 9.00. The molecule has 0 aliphatic heterocycles. The second-order valence-electron chi connectivity index (χ2n) is 6.05. The van der Waals surface area contributed by atoms with E-state index in [2.05, 4.69) is 10.6 Å². The summed E-state index contributed by atoms with van der Waals surface area (Å²) in [7, 11) is 1.29. The first-order valence-electron chi connectivity index (χ1n) is 9.00. The molecule has 0 aromatic heterocycles. The van der Waals surface area contributed by atoms with E-state index < -0.39 is 12.0 Å². The molecule has 0 spiro atoms. The first-order chi connectivity index (χ1) is 13.0. The second kappa shape index (κ2) is 12.5. The standard InChI is InChI=1S/C21H28N2O4/c1-4-16(2)20(25)22-15-9-8-12-18(21(26)27-3)23-19(24)14-13-17-10-6-5-7-11-17/h4-7,10-11,13-14,18H,8-9,12,15H2,1-3H3,(H,22,25)(H,23,24)/b14-13?,16-4+/t18-/m0/s1. The molecule has 0 aliphatic carbocycles. The molecule has 0 aliphatic rings. The number of rotatable bonds is 10. The quantitative estimate of drug-likeness (QED) is 0.376. The van der Waals surface area contributed by atoms with Crippen molar-refractivity contribution in [1.29, 1.82) is 0 Å². The highest BCUT2D eigenvalue weighted by Crippen LogP contribution is 2.05. The van der Waals surface area contributed by atoms with Crippen molar-refractivity contribution in [2.24, 2.45) is 0 Å². The van der Waals surface area contributed by atoms with Crippen LogP contribution in [0.5, 0.6) is 0 Å². The highest BCUT2D eigenvalue weighted by Gasteiger charge is 2.20. The fourth-order valence-electron chi connectivity index (χ4n) is 2.29. The van der Waals surface area contributed by atoms with E-state index in [-0.39, 0.29) is 11.8 Å². The van der Waals surface area contributed by atoms with Crippen molar-refractivity contribution in [2.75, 3.05) is 13.7 Å². The van der Waals surface area contributed by atoms with Crippen LogP contribution in [0.2, 0.25) is 0 Å².